The van der Waals surface area contributed by atoms with Crippen molar-refractivity contribution in [3.05, 3.63) is 108 Å². The van der Waals surface area contributed by atoms with E-state index in [9.17, 15) is 4.79 Å². The second kappa shape index (κ2) is 9.27. The maximum Gasteiger partial charge on any atom is 0.239 e. The molecule has 1 N–H and O–H groups in total. The largest absolute Gasteiger partial charge is 0.490 e. The minimum atomic E-state index is -0.795. The molecule has 0 fully saturated rings. The molecule has 0 unspecified atom stereocenters. The van der Waals surface area contributed by atoms with Crippen LogP contribution in [-0.4, -0.2) is 12.0 Å². The molecule has 4 rings (SSSR count). The topological polar surface area (TPSA) is 38.3 Å². The monoisotopic (exact) mass is 423 g/mol. The number of anilines is 1. The Balaban J connectivity index is 1.81. The van der Waals surface area contributed by atoms with Gasteiger partial charge in [0, 0.05) is 16.5 Å². The van der Waals surface area contributed by atoms with Crippen molar-refractivity contribution in [2.24, 2.45) is 0 Å². The van der Waals surface area contributed by atoms with Crippen molar-refractivity contribution in [1.82, 2.24) is 0 Å². The molecule has 1 amide bonds. The van der Waals surface area contributed by atoms with E-state index >= 15 is 0 Å². The van der Waals surface area contributed by atoms with Crippen LogP contribution in [0.2, 0.25) is 0 Å². The van der Waals surface area contributed by atoms with Crippen LogP contribution in [0.15, 0.2) is 97.1 Å². The van der Waals surface area contributed by atoms with E-state index in [0.717, 1.165) is 33.3 Å². The van der Waals surface area contributed by atoms with Gasteiger partial charge in [-0.3, -0.25) is 4.79 Å². The first-order chi connectivity index (χ1) is 15.6. The van der Waals surface area contributed by atoms with Crippen LogP contribution in [0.4, 0.5) is 5.69 Å². The van der Waals surface area contributed by atoms with Gasteiger partial charge in [0.1, 0.15) is 5.75 Å². The maximum atomic E-state index is 14.0. The van der Waals surface area contributed by atoms with Crippen LogP contribution in [0.25, 0.3) is 10.8 Å². The summed E-state index contributed by atoms with van der Waals surface area (Å²) in [6, 6.07) is 32.0. The van der Waals surface area contributed by atoms with Crippen molar-refractivity contribution in [2.75, 3.05) is 5.32 Å². The maximum absolute atomic E-state index is 14.0. The van der Waals surface area contributed by atoms with Crippen molar-refractivity contribution < 1.29 is 9.53 Å². The van der Waals surface area contributed by atoms with Crippen molar-refractivity contribution in [1.29, 1.82) is 0 Å². The highest BCUT2D eigenvalue weighted by atomic mass is 16.5. The van der Waals surface area contributed by atoms with Gasteiger partial charge in [0.2, 0.25) is 5.91 Å². The zero-order chi connectivity index (χ0) is 22.6. The number of fused-ring (bicyclic) bond motifs is 1. The van der Waals surface area contributed by atoms with E-state index < -0.39 is 5.41 Å². The van der Waals surface area contributed by atoms with Crippen molar-refractivity contribution in [2.45, 2.75) is 38.7 Å². The Morgan fingerprint density at radius 3 is 1.84 bits per heavy atom. The molecule has 0 saturated heterocycles. The van der Waals surface area contributed by atoms with E-state index in [1.807, 2.05) is 111 Å². The molecule has 0 aliphatic rings. The average molecular weight is 424 g/mol. The van der Waals surface area contributed by atoms with E-state index in [0.29, 0.717) is 6.42 Å². The number of rotatable bonds is 7. The number of benzene rings is 4. The van der Waals surface area contributed by atoms with Crippen LogP contribution >= 0.6 is 0 Å². The fourth-order valence-electron chi connectivity index (χ4n) is 4.41. The molecule has 4 aromatic rings. The smallest absolute Gasteiger partial charge is 0.239 e. The number of nitrogens with one attached hydrogen (secondary N) is 1. The van der Waals surface area contributed by atoms with Crippen LogP contribution in [0.1, 0.15) is 38.3 Å². The Kier molecular flexibility index (Phi) is 6.27. The normalized spacial score (nSPS) is 11.5. The van der Waals surface area contributed by atoms with Gasteiger partial charge in [0.15, 0.2) is 0 Å². The van der Waals surface area contributed by atoms with E-state index in [1.165, 1.54) is 0 Å². The third kappa shape index (κ3) is 3.99. The summed E-state index contributed by atoms with van der Waals surface area (Å²) in [7, 11) is 0. The Hall–Kier alpha value is -3.59. The first-order valence-electron chi connectivity index (χ1n) is 11.2. The quantitative estimate of drug-likeness (QED) is 0.349. The molecule has 0 atom stereocenters. The number of amides is 1. The summed E-state index contributed by atoms with van der Waals surface area (Å²) < 4.78 is 6.00. The molecule has 3 nitrogen and oxygen atoms in total. The number of ether oxygens (including phenoxy) is 1. The highest BCUT2D eigenvalue weighted by Crippen LogP contribution is 2.38. The predicted octanol–water partition coefficient (Wildman–Crippen LogP) is 6.96. The lowest BCUT2D eigenvalue weighted by molar-refractivity contribution is -0.120. The summed E-state index contributed by atoms with van der Waals surface area (Å²) in [6.45, 7) is 6.09. The van der Waals surface area contributed by atoms with Gasteiger partial charge in [-0.05, 0) is 43.5 Å². The molecule has 0 aromatic heterocycles. The minimum absolute atomic E-state index is 0.0416. The lowest BCUT2D eigenvalue weighted by Crippen LogP contribution is -2.41. The van der Waals surface area contributed by atoms with Crippen LogP contribution in [-0.2, 0) is 10.2 Å². The van der Waals surface area contributed by atoms with E-state index in [-0.39, 0.29) is 12.0 Å². The summed E-state index contributed by atoms with van der Waals surface area (Å²) >= 11 is 0. The Labute approximate surface area is 190 Å². The Morgan fingerprint density at radius 1 is 0.781 bits per heavy atom. The third-order valence-corrected chi connectivity index (χ3v) is 5.95. The predicted molar refractivity (Wildman–Crippen MR) is 132 cm³/mol. The van der Waals surface area contributed by atoms with Crippen molar-refractivity contribution >= 4 is 22.4 Å². The van der Waals surface area contributed by atoms with Crippen LogP contribution in [0, 0.1) is 0 Å². The molecule has 0 heterocycles. The van der Waals surface area contributed by atoms with Gasteiger partial charge in [-0.1, -0.05) is 91.9 Å². The second-order valence-corrected chi connectivity index (χ2v) is 8.27. The van der Waals surface area contributed by atoms with Gasteiger partial charge in [0.25, 0.3) is 0 Å². The van der Waals surface area contributed by atoms with E-state index in [1.54, 1.807) is 0 Å². The lowest BCUT2D eigenvalue weighted by Gasteiger charge is -2.33. The average Bonchev–Trinajstić information content (AvgIpc) is 2.83. The van der Waals surface area contributed by atoms with E-state index in [4.69, 9.17) is 4.74 Å². The van der Waals surface area contributed by atoms with Gasteiger partial charge >= 0.3 is 0 Å². The number of hydrogen-bond acceptors (Lipinski definition) is 2. The molecule has 0 aliphatic carbocycles. The third-order valence-electron chi connectivity index (χ3n) is 5.95. The first kappa shape index (κ1) is 21.6. The van der Waals surface area contributed by atoms with Crippen LogP contribution in [0.3, 0.4) is 0 Å². The molecule has 0 aliphatic heterocycles. The number of carbonyl (C=O) groups is 1. The zero-order valence-electron chi connectivity index (χ0n) is 18.8. The first-order valence-corrected chi connectivity index (χ1v) is 11.2. The summed E-state index contributed by atoms with van der Waals surface area (Å²) in [5, 5.41) is 5.21. The van der Waals surface area contributed by atoms with Crippen LogP contribution in [0.5, 0.6) is 5.75 Å². The molecule has 32 heavy (non-hydrogen) atoms. The molecule has 0 radical (unpaired) electrons. The molecule has 0 saturated carbocycles. The Bertz CT molecular complexity index is 1160. The van der Waals surface area contributed by atoms with Crippen molar-refractivity contribution in [3.63, 3.8) is 0 Å². The van der Waals surface area contributed by atoms with Crippen molar-refractivity contribution in [3.8, 4) is 5.75 Å². The summed E-state index contributed by atoms with van der Waals surface area (Å²) in [5.74, 6) is 0.779. The van der Waals surface area contributed by atoms with Gasteiger partial charge < -0.3 is 10.1 Å². The molecular formula is C29H29NO2. The molecular weight excluding hydrogens is 394 g/mol. The van der Waals surface area contributed by atoms with E-state index in [2.05, 4.69) is 12.2 Å². The molecule has 0 spiro atoms. The number of carbonyl (C=O) groups excluding carboxylic acids is 1. The van der Waals surface area contributed by atoms with Crippen LogP contribution < -0.4 is 10.1 Å². The molecule has 4 aromatic carbocycles. The summed E-state index contributed by atoms with van der Waals surface area (Å²) in [5.41, 5.74) is 1.95. The van der Waals surface area contributed by atoms with Gasteiger partial charge in [-0.15, -0.1) is 0 Å². The number of hydrogen-bond donors (Lipinski definition) is 1. The summed E-state index contributed by atoms with van der Waals surface area (Å²) in [4.78, 5) is 14.0. The highest BCUT2D eigenvalue weighted by Gasteiger charge is 2.40. The molecule has 3 heteroatoms. The Morgan fingerprint density at radius 2 is 1.31 bits per heavy atom. The lowest BCUT2D eigenvalue weighted by atomic mass is 9.71. The fourth-order valence-corrected chi connectivity index (χ4v) is 4.41. The van der Waals surface area contributed by atoms with Gasteiger partial charge in [-0.25, -0.2) is 0 Å². The summed E-state index contributed by atoms with van der Waals surface area (Å²) in [6.07, 6.45) is 0.710. The molecule has 0 bridgehead atoms. The second-order valence-electron chi connectivity index (χ2n) is 8.27. The highest BCUT2D eigenvalue weighted by molar-refractivity contribution is 6.08. The SMILES string of the molecule is CCC(C(=O)Nc1ccc(OC(C)C)c2ccccc12)(c1ccccc1)c1ccccc1. The van der Waals surface area contributed by atoms with Gasteiger partial charge in [0.05, 0.1) is 11.5 Å². The zero-order valence-corrected chi connectivity index (χ0v) is 18.8. The molecule has 162 valence electrons. The standard InChI is InChI=1S/C29H29NO2/c1-4-29(22-13-7-5-8-14-22,23-15-9-6-10-16-23)28(31)30-26-19-20-27(32-21(2)3)25-18-12-11-17-24(25)26/h5-21H,4H2,1-3H3,(H,30,31). The fraction of sp³-hybridized carbons (Fsp3) is 0.207. The minimum Gasteiger partial charge on any atom is -0.490 e. The van der Waals surface area contributed by atoms with Gasteiger partial charge in [-0.2, -0.15) is 0 Å².